The third kappa shape index (κ3) is 5.34. The van der Waals surface area contributed by atoms with Crippen molar-refractivity contribution in [2.24, 2.45) is 0 Å². The molecule has 0 atom stereocenters. The van der Waals surface area contributed by atoms with E-state index in [4.69, 9.17) is 11.6 Å². The van der Waals surface area contributed by atoms with Crippen LogP contribution in [-0.2, 0) is 11.3 Å². The van der Waals surface area contributed by atoms with Crippen LogP contribution in [-0.4, -0.2) is 30.4 Å². The normalized spacial score (nSPS) is 11.8. The lowest BCUT2D eigenvalue weighted by Crippen LogP contribution is -2.03. The molecule has 9 heteroatoms. The summed E-state index contributed by atoms with van der Waals surface area (Å²) in [6, 6.07) is 15.7. The summed E-state index contributed by atoms with van der Waals surface area (Å²) in [6.45, 7) is 8.69. The van der Waals surface area contributed by atoms with Crippen molar-refractivity contribution in [3.63, 3.8) is 0 Å². The maximum atomic E-state index is 12.2. The molecule has 4 aromatic rings. The van der Waals surface area contributed by atoms with Crippen molar-refractivity contribution < 1.29 is 9.90 Å². The molecule has 0 amide bonds. The average Bonchev–Trinajstić information content (AvgIpc) is 3.35. The SMILES string of the molecule is CCn1c(S/C(=C\c2cc(C)n(-c3ccc(C)c(I)c3)c2C)C(=O)O)nnc1-c1ccc(Cl)cc1. The van der Waals surface area contributed by atoms with E-state index in [0.29, 0.717) is 22.5 Å². The number of rotatable bonds is 7. The zero-order valence-corrected chi connectivity index (χ0v) is 23.4. The van der Waals surface area contributed by atoms with Gasteiger partial charge in [0.2, 0.25) is 0 Å². The standard InChI is InChI=1S/C26H24ClIN4O2S/c1-5-31-24(18-7-9-20(27)10-8-18)29-30-26(31)35-23(25(33)34)13-19-12-16(3)32(17(19)4)21-11-6-15(2)22(28)14-21/h6-14H,5H2,1-4H3,(H,33,34)/b23-13-. The van der Waals surface area contributed by atoms with Crippen LogP contribution in [0.15, 0.2) is 58.6 Å². The number of hydrogen-bond acceptors (Lipinski definition) is 4. The molecule has 0 unspecified atom stereocenters. The largest absolute Gasteiger partial charge is 0.477 e. The van der Waals surface area contributed by atoms with Crippen molar-refractivity contribution in [1.29, 1.82) is 0 Å². The Labute approximate surface area is 227 Å². The number of hydrogen-bond donors (Lipinski definition) is 1. The van der Waals surface area contributed by atoms with Crippen molar-refractivity contribution in [3.8, 4) is 17.1 Å². The summed E-state index contributed by atoms with van der Waals surface area (Å²) < 4.78 is 5.23. The fraction of sp³-hybridized carbons (Fsp3) is 0.192. The van der Waals surface area contributed by atoms with Gasteiger partial charge in [-0.1, -0.05) is 17.7 Å². The zero-order valence-electron chi connectivity index (χ0n) is 19.7. The third-order valence-electron chi connectivity index (χ3n) is 5.72. The Morgan fingerprint density at radius 3 is 2.46 bits per heavy atom. The number of carboxylic acids is 1. The van der Waals surface area contributed by atoms with E-state index in [1.54, 1.807) is 18.2 Å². The molecule has 35 heavy (non-hydrogen) atoms. The van der Waals surface area contributed by atoms with Gasteiger partial charge < -0.3 is 14.2 Å². The van der Waals surface area contributed by atoms with Crippen LogP contribution in [0, 0.1) is 24.3 Å². The highest BCUT2D eigenvalue weighted by molar-refractivity contribution is 14.1. The number of nitrogens with zero attached hydrogens (tertiary/aromatic N) is 4. The van der Waals surface area contributed by atoms with Crippen LogP contribution >= 0.6 is 46.0 Å². The van der Waals surface area contributed by atoms with E-state index in [1.165, 1.54) is 9.13 Å². The predicted molar refractivity (Wildman–Crippen MR) is 150 cm³/mol. The molecule has 0 aliphatic heterocycles. The molecule has 6 nitrogen and oxygen atoms in total. The van der Waals surface area contributed by atoms with Gasteiger partial charge in [0.25, 0.3) is 0 Å². The summed E-state index contributed by atoms with van der Waals surface area (Å²) in [5.41, 5.74) is 6.00. The van der Waals surface area contributed by atoms with Gasteiger partial charge in [0.1, 0.15) is 4.91 Å². The topological polar surface area (TPSA) is 72.9 Å². The molecule has 0 aliphatic carbocycles. The van der Waals surface area contributed by atoms with Crippen molar-refractivity contribution >= 4 is 58.0 Å². The van der Waals surface area contributed by atoms with E-state index >= 15 is 0 Å². The van der Waals surface area contributed by atoms with E-state index in [0.717, 1.165) is 40.0 Å². The predicted octanol–water partition coefficient (Wildman–Crippen LogP) is 7.16. The van der Waals surface area contributed by atoms with E-state index in [2.05, 4.69) is 62.5 Å². The average molecular weight is 619 g/mol. The molecule has 0 bridgehead atoms. The lowest BCUT2D eigenvalue weighted by atomic mass is 10.2. The van der Waals surface area contributed by atoms with Crippen LogP contribution < -0.4 is 0 Å². The summed E-state index contributed by atoms with van der Waals surface area (Å²) in [6.07, 6.45) is 1.71. The summed E-state index contributed by atoms with van der Waals surface area (Å²) in [4.78, 5) is 12.4. The monoisotopic (exact) mass is 618 g/mol. The van der Waals surface area contributed by atoms with Gasteiger partial charge in [-0.15, -0.1) is 10.2 Å². The molecule has 0 radical (unpaired) electrons. The fourth-order valence-corrected chi connectivity index (χ4v) is 5.39. The Bertz CT molecular complexity index is 1440. The Kier molecular flexibility index (Phi) is 7.73. The Morgan fingerprint density at radius 2 is 1.83 bits per heavy atom. The maximum Gasteiger partial charge on any atom is 0.342 e. The molecule has 4 rings (SSSR count). The van der Waals surface area contributed by atoms with Gasteiger partial charge in [0.05, 0.1) is 0 Å². The molecule has 2 aromatic heterocycles. The molecule has 1 N–H and O–H groups in total. The molecule has 0 fully saturated rings. The lowest BCUT2D eigenvalue weighted by molar-refractivity contribution is -0.131. The second-order valence-corrected chi connectivity index (χ2v) is 10.7. The van der Waals surface area contributed by atoms with Crippen LogP contribution in [0.25, 0.3) is 23.2 Å². The second-order valence-electron chi connectivity index (χ2n) is 8.07. The number of benzene rings is 2. The first-order valence-electron chi connectivity index (χ1n) is 11.0. The fourth-order valence-electron chi connectivity index (χ4n) is 3.89. The van der Waals surface area contributed by atoms with Gasteiger partial charge in [-0.2, -0.15) is 0 Å². The van der Waals surface area contributed by atoms with E-state index in [1.807, 2.05) is 43.5 Å². The Hall–Kier alpha value is -2.56. The van der Waals surface area contributed by atoms with E-state index in [-0.39, 0.29) is 4.91 Å². The van der Waals surface area contributed by atoms with Gasteiger partial charge >= 0.3 is 5.97 Å². The smallest absolute Gasteiger partial charge is 0.342 e. The van der Waals surface area contributed by atoms with Crippen molar-refractivity contribution in [2.45, 2.75) is 39.4 Å². The second kappa shape index (κ2) is 10.6. The third-order valence-corrected chi connectivity index (χ3v) is 8.13. The van der Waals surface area contributed by atoms with Crippen LogP contribution in [0.1, 0.15) is 29.4 Å². The molecule has 0 aliphatic rings. The molecule has 2 heterocycles. The van der Waals surface area contributed by atoms with E-state index < -0.39 is 5.97 Å². The number of halogens is 2. The first-order valence-corrected chi connectivity index (χ1v) is 13.2. The van der Waals surface area contributed by atoms with Crippen molar-refractivity contribution in [3.05, 3.63) is 84.5 Å². The Balaban J connectivity index is 1.71. The number of thioether (sulfide) groups is 1. The summed E-state index contributed by atoms with van der Waals surface area (Å²) in [7, 11) is 0. The molecule has 0 spiro atoms. The number of aryl methyl sites for hydroxylation is 2. The van der Waals surface area contributed by atoms with Gasteiger partial charge in [-0.05, 0) is 122 Å². The molecule has 180 valence electrons. The molecular weight excluding hydrogens is 595 g/mol. The number of aliphatic carboxylic acids is 1. The highest BCUT2D eigenvalue weighted by Crippen LogP contribution is 2.32. The number of carbonyl (C=O) groups is 1. The zero-order chi connectivity index (χ0) is 25.3. The van der Waals surface area contributed by atoms with Crippen LogP contribution in [0.4, 0.5) is 0 Å². The van der Waals surface area contributed by atoms with Gasteiger partial charge in [-0.25, -0.2) is 4.79 Å². The van der Waals surface area contributed by atoms with Crippen LogP contribution in [0.3, 0.4) is 0 Å². The molecule has 0 saturated heterocycles. The maximum absolute atomic E-state index is 12.2. The summed E-state index contributed by atoms with van der Waals surface area (Å²) >= 11 is 9.45. The molecule has 2 aromatic carbocycles. The quantitative estimate of drug-likeness (QED) is 0.135. The summed E-state index contributed by atoms with van der Waals surface area (Å²) in [5.74, 6) is -0.341. The highest BCUT2D eigenvalue weighted by atomic mass is 127. The minimum absolute atomic E-state index is 0.175. The van der Waals surface area contributed by atoms with Gasteiger partial charge in [0, 0.05) is 37.8 Å². The first-order chi connectivity index (χ1) is 16.7. The summed E-state index contributed by atoms with van der Waals surface area (Å²) in [5, 5.41) is 19.8. The van der Waals surface area contributed by atoms with E-state index in [9.17, 15) is 9.90 Å². The highest BCUT2D eigenvalue weighted by Gasteiger charge is 2.20. The minimum Gasteiger partial charge on any atom is -0.477 e. The van der Waals surface area contributed by atoms with Crippen molar-refractivity contribution in [2.75, 3.05) is 0 Å². The number of carboxylic acid groups (broad SMARTS) is 1. The minimum atomic E-state index is -1.01. The van der Waals surface area contributed by atoms with Crippen molar-refractivity contribution in [1.82, 2.24) is 19.3 Å². The van der Waals surface area contributed by atoms with Gasteiger partial charge in [0.15, 0.2) is 11.0 Å². The molecular formula is C26H24ClIN4O2S. The Morgan fingerprint density at radius 1 is 1.11 bits per heavy atom. The lowest BCUT2D eigenvalue weighted by Gasteiger charge is -2.11. The van der Waals surface area contributed by atoms with Crippen LogP contribution in [0.2, 0.25) is 5.02 Å². The molecule has 0 saturated carbocycles. The van der Waals surface area contributed by atoms with Gasteiger partial charge in [-0.3, -0.25) is 0 Å². The first kappa shape index (κ1) is 25.5. The number of aromatic nitrogens is 4. The van der Waals surface area contributed by atoms with Crippen LogP contribution in [0.5, 0.6) is 0 Å².